The number of ether oxygens (including phenoxy) is 1. The third kappa shape index (κ3) is 4.78. The van der Waals surface area contributed by atoms with Gasteiger partial charge in [0.2, 0.25) is 0 Å². The molecular formula is C14H27N3O. The summed E-state index contributed by atoms with van der Waals surface area (Å²) in [5, 5.41) is 7.84. The molecule has 0 amide bonds. The van der Waals surface area contributed by atoms with E-state index in [0.29, 0.717) is 6.04 Å². The SMILES string of the molecule is CCCNC(CCC(C)(C)OC)c1cnn(C)c1. The Kier molecular flexibility index (Phi) is 5.82. The monoisotopic (exact) mass is 253 g/mol. The average molecular weight is 253 g/mol. The smallest absolute Gasteiger partial charge is 0.0623 e. The summed E-state index contributed by atoms with van der Waals surface area (Å²) in [7, 11) is 3.73. The highest BCUT2D eigenvalue weighted by Gasteiger charge is 2.20. The summed E-state index contributed by atoms with van der Waals surface area (Å²) < 4.78 is 7.34. The van der Waals surface area contributed by atoms with Gasteiger partial charge in [-0.25, -0.2) is 0 Å². The van der Waals surface area contributed by atoms with Crippen molar-refractivity contribution in [2.45, 2.75) is 51.7 Å². The Hall–Kier alpha value is -0.870. The Morgan fingerprint density at radius 1 is 1.50 bits per heavy atom. The summed E-state index contributed by atoms with van der Waals surface area (Å²) in [6.07, 6.45) is 7.27. The highest BCUT2D eigenvalue weighted by atomic mass is 16.5. The first-order chi connectivity index (χ1) is 8.48. The maximum Gasteiger partial charge on any atom is 0.0623 e. The van der Waals surface area contributed by atoms with Gasteiger partial charge in [-0.1, -0.05) is 6.92 Å². The maximum atomic E-state index is 5.49. The lowest BCUT2D eigenvalue weighted by Gasteiger charge is -2.26. The molecule has 1 unspecified atom stereocenters. The molecule has 0 radical (unpaired) electrons. The van der Waals surface area contributed by atoms with Crippen LogP contribution in [0.1, 0.15) is 51.6 Å². The van der Waals surface area contributed by atoms with Crippen LogP contribution < -0.4 is 5.32 Å². The first-order valence-corrected chi connectivity index (χ1v) is 6.75. The predicted molar refractivity (Wildman–Crippen MR) is 74.6 cm³/mol. The van der Waals surface area contributed by atoms with Gasteiger partial charge >= 0.3 is 0 Å². The van der Waals surface area contributed by atoms with Crippen molar-refractivity contribution in [1.82, 2.24) is 15.1 Å². The van der Waals surface area contributed by atoms with Gasteiger partial charge < -0.3 is 10.1 Å². The van der Waals surface area contributed by atoms with Crippen LogP contribution in [0.3, 0.4) is 0 Å². The fourth-order valence-corrected chi connectivity index (χ4v) is 1.92. The van der Waals surface area contributed by atoms with Crippen molar-refractivity contribution in [3.05, 3.63) is 18.0 Å². The lowest BCUT2D eigenvalue weighted by Crippen LogP contribution is -2.27. The molecule has 1 heterocycles. The van der Waals surface area contributed by atoms with E-state index >= 15 is 0 Å². The third-order valence-corrected chi connectivity index (χ3v) is 3.36. The summed E-state index contributed by atoms with van der Waals surface area (Å²) in [6.45, 7) is 7.49. The summed E-state index contributed by atoms with van der Waals surface area (Å²) in [5.41, 5.74) is 1.20. The molecule has 1 aromatic heterocycles. The molecule has 4 nitrogen and oxygen atoms in total. The predicted octanol–water partition coefficient (Wildman–Crippen LogP) is 2.67. The molecule has 0 aromatic carbocycles. The van der Waals surface area contributed by atoms with Gasteiger partial charge in [-0.3, -0.25) is 4.68 Å². The molecule has 0 aliphatic rings. The van der Waals surface area contributed by atoms with E-state index in [1.807, 2.05) is 17.9 Å². The Bertz CT molecular complexity index is 347. The van der Waals surface area contributed by atoms with Crippen LogP contribution in [0.4, 0.5) is 0 Å². The minimum Gasteiger partial charge on any atom is -0.379 e. The van der Waals surface area contributed by atoms with Gasteiger partial charge in [-0.2, -0.15) is 5.10 Å². The fourth-order valence-electron chi connectivity index (χ4n) is 1.92. The minimum absolute atomic E-state index is 0.0612. The molecule has 1 N–H and O–H groups in total. The minimum atomic E-state index is -0.0612. The summed E-state index contributed by atoms with van der Waals surface area (Å²) in [6, 6.07) is 0.369. The second-order valence-electron chi connectivity index (χ2n) is 5.46. The van der Waals surface area contributed by atoms with Crippen LogP contribution in [-0.2, 0) is 11.8 Å². The van der Waals surface area contributed by atoms with Gasteiger partial charge in [0.25, 0.3) is 0 Å². The van der Waals surface area contributed by atoms with Crippen LogP contribution in [0.5, 0.6) is 0 Å². The van der Waals surface area contributed by atoms with Crippen LogP contribution in [-0.4, -0.2) is 29.0 Å². The van der Waals surface area contributed by atoms with Crippen molar-refractivity contribution in [1.29, 1.82) is 0 Å². The number of aromatic nitrogens is 2. The normalized spacial score (nSPS) is 13.8. The molecule has 104 valence electrons. The van der Waals surface area contributed by atoms with Crippen LogP contribution in [0.25, 0.3) is 0 Å². The number of rotatable bonds is 8. The lowest BCUT2D eigenvalue weighted by atomic mass is 9.96. The van der Waals surface area contributed by atoms with Crippen LogP contribution in [0, 0.1) is 0 Å². The van der Waals surface area contributed by atoms with E-state index < -0.39 is 0 Å². The molecule has 1 atom stereocenters. The van der Waals surface area contributed by atoms with Crippen LogP contribution in [0.15, 0.2) is 12.4 Å². The van der Waals surface area contributed by atoms with Crippen molar-refractivity contribution in [2.75, 3.05) is 13.7 Å². The largest absolute Gasteiger partial charge is 0.379 e. The molecular weight excluding hydrogens is 226 g/mol. The lowest BCUT2D eigenvalue weighted by molar-refractivity contribution is 0.0117. The van der Waals surface area contributed by atoms with Gasteiger partial charge in [0.05, 0.1) is 11.8 Å². The number of methoxy groups -OCH3 is 1. The Balaban J connectivity index is 2.61. The molecule has 0 fully saturated rings. The third-order valence-electron chi connectivity index (χ3n) is 3.36. The van der Waals surface area contributed by atoms with Crippen molar-refractivity contribution in [3.8, 4) is 0 Å². The molecule has 0 spiro atoms. The van der Waals surface area contributed by atoms with Crippen LogP contribution in [0.2, 0.25) is 0 Å². The molecule has 1 aromatic rings. The van der Waals surface area contributed by atoms with E-state index in [2.05, 4.69) is 37.4 Å². The summed E-state index contributed by atoms with van der Waals surface area (Å²) in [4.78, 5) is 0. The topological polar surface area (TPSA) is 39.1 Å². The number of hydrogen-bond donors (Lipinski definition) is 1. The van der Waals surface area contributed by atoms with Gasteiger partial charge in [0, 0.05) is 32.0 Å². The van der Waals surface area contributed by atoms with E-state index in [0.717, 1.165) is 25.8 Å². The zero-order valence-electron chi connectivity index (χ0n) is 12.4. The van der Waals surface area contributed by atoms with Gasteiger partial charge in [0.1, 0.15) is 0 Å². The standard InChI is InChI=1S/C14H27N3O/c1-6-9-15-13(7-8-14(2,3)18-5)12-10-16-17(4)11-12/h10-11,13,15H,6-9H2,1-5H3. The Morgan fingerprint density at radius 3 is 2.72 bits per heavy atom. The molecule has 4 heteroatoms. The quantitative estimate of drug-likeness (QED) is 0.774. The first kappa shape index (κ1) is 15.2. The Morgan fingerprint density at radius 2 is 2.22 bits per heavy atom. The van der Waals surface area contributed by atoms with E-state index in [4.69, 9.17) is 4.74 Å². The number of nitrogens with one attached hydrogen (secondary N) is 1. The molecule has 0 bridgehead atoms. The van der Waals surface area contributed by atoms with Gasteiger partial charge in [-0.15, -0.1) is 0 Å². The number of hydrogen-bond acceptors (Lipinski definition) is 3. The van der Waals surface area contributed by atoms with Crippen LogP contribution >= 0.6 is 0 Å². The number of aryl methyl sites for hydroxylation is 1. The zero-order valence-corrected chi connectivity index (χ0v) is 12.4. The van der Waals surface area contributed by atoms with Crippen molar-refractivity contribution in [3.63, 3.8) is 0 Å². The zero-order chi connectivity index (χ0) is 13.6. The fraction of sp³-hybridized carbons (Fsp3) is 0.786. The van der Waals surface area contributed by atoms with Crippen molar-refractivity contribution < 1.29 is 4.74 Å². The highest BCUT2D eigenvalue weighted by Crippen LogP contribution is 2.24. The highest BCUT2D eigenvalue weighted by molar-refractivity contribution is 5.10. The second kappa shape index (κ2) is 6.90. The van der Waals surface area contributed by atoms with Crippen molar-refractivity contribution in [2.24, 2.45) is 7.05 Å². The van der Waals surface area contributed by atoms with E-state index in [9.17, 15) is 0 Å². The van der Waals surface area contributed by atoms with E-state index in [-0.39, 0.29) is 5.60 Å². The van der Waals surface area contributed by atoms with E-state index in [1.54, 1.807) is 7.11 Å². The number of nitrogens with zero attached hydrogens (tertiary/aromatic N) is 2. The average Bonchev–Trinajstić information content (AvgIpc) is 2.76. The van der Waals surface area contributed by atoms with Gasteiger partial charge in [-0.05, 0) is 39.7 Å². The molecule has 0 saturated carbocycles. The molecule has 1 rings (SSSR count). The summed E-state index contributed by atoms with van der Waals surface area (Å²) in [5.74, 6) is 0. The summed E-state index contributed by atoms with van der Waals surface area (Å²) >= 11 is 0. The molecule has 18 heavy (non-hydrogen) atoms. The first-order valence-electron chi connectivity index (χ1n) is 6.75. The van der Waals surface area contributed by atoms with Gasteiger partial charge in [0.15, 0.2) is 0 Å². The second-order valence-corrected chi connectivity index (χ2v) is 5.46. The maximum absolute atomic E-state index is 5.49. The molecule has 0 aliphatic carbocycles. The molecule has 0 aliphatic heterocycles. The Labute approximate surface area is 111 Å². The van der Waals surface area contributed by atoms with Crippen molar-refractivity contribution >= 4 is 0 Å². The van der Waals surface area contributed by atoms with E-state index in [1.165, 1.54) is 5.56 Å². The molecule has 0 saturated heterocycles.